The van der Waals surface area contributed by atoms with Crippen LogP contribution < -0.4 is 16.0 Å². The minimum Gasteiger partial charge on any atom is -0.480 e. The van der Waals surface area contributed by atoms with Crippen molar-refractivity contribution in [2.45, 2.75) is 76.7 Å². The summed E-state index contributed by atoms with van der Waals surface area (Å²) in [5, 5.41) is 18.8. The Morgan fingerprint density at radius 3 is 2.67 bits per heavy atom. The van der Waals surface area contributed by atoms with Gasteiger partial charge in [0.15, 0.2) is 0 Å². The van der Waals surface area contributed by atoms with Crippen LogP contribution in [-0.4, -0.2) is 47.6 Å². The van der Waals surface area contributed by atoms with Crippen molar-refractivity contribution in [2.75, 3.05) is 25.0 Å². The number of aryl methyl sites for hydroxylation is 2. The van der Waals surface area contributed by atoms with E-state index in [1.165, 1.54) is 12.0 Å². The van der Waals surface area contributed by atoms with Gasteiger partial charge < -0.3 is 21.1 Å². The van der Waals surface area contributed by atoms with Crippen molar-refractivity contribution in [1.82, 2.24) is 15.6 Å². The summed E-state index contributed by atoms with van der Waals surface area (Å²) in [5.41, 5.74) is 2.47. The van der Waals surface area contributed by atoms with Crippen molar-refractivity contribution in [2.24, 2.45) is 5.92 Å². The Balaban J connectivity index is 1.28. The van der Waals surface area contributed by atoms with Gasteiger partial charge in [0.2, 0.25) is 5.91 Å². The van der Waals surface area contributed by atoms with Gasteiger partial charge in [0.25, 0.3) is 0 Å². The Labute approximate surface area is 179 Å². The molecule has 1 aromatic heterocycles. The van der Waals surface area contributed by atoms with E-state index in [4.69, 9.17) is 4.98 Å². The highest BCUT2D eigenvalue weighted by molar-refractivity contribution is 5.85. The molecule has 1 unspecified atom stereocenters. The quantitative estimate of drug-likeness (QED) is 0.414. The van der Waals surface area contributed by atoms with Crippen molar-refractivity contribution >= 4 is 17.7 Å². The third-order valence-corrected chi connectivity index (χ3v) is 6.20. The second-order valence-corrected chi connectivity index (χ2v) is 8.57. The Bertz CT molecular complexity index is 704. The minimum absolute atomic E-state index is 0.0551. The third kappa shape index (κ3) is 6.97. The summed E-state index contributed by atoms with van der Waals surface area (Å²) in [6.07, 6.45) is 10.5. The number of fused-ring (bicyclic) bond motifs is 1. The van der Waals surface area contributed by atoms with Gasteiger partial charge in [0.1, 0.15) is 11.9 Å². The summed E-state index contributed by atoms with van der Waals surface area (Å²) in [7, 11) is 0. The number of carbonyl (C=O) groups excluding carboxylic acids is 1. The number of aromatic nitrogens is 1. The van der Waals surface area contributed by atoms with Crippen molar-refractivity contribution in [3.8, 4) is 0 Å². The number of rotatable bonds is 11. The van der Waals surface area contributed by atoms with E-state index in [0.717, 1.165) is 88.9 Å². The Kier molecular flexibility index (Phi) is 8.93. The summed E-state index contributed by atoms with van der Waals surface area (Å²) in [6.45, 7) is 2.67. The first-order valence-corrected chi connectivity index (χ1v) is 11.6. The van der Waals surface area contributed by atoms with Crippen molar-refractivity contribution in [1.29, 1.82) is 0 Å². The molecule has 1 amide bonds. The van der Waals surface area contributed by atoms with Crippen LogP contribution in [0.15, 0.2) is 12.1 Å². The minimum atomic E-state index is -0.927. The maximum absolute atomic E-state index is 12.3. The molecule has 2 aliphatic rings. The summed E-state index contributed by atoms with van der Waals surface area (Å²) in [6, 6.07) is 3.59. The van der Waals surface area contributed by atoms with Crippen molar-refractivity contribution < 1.29 is 14.7 Å². The van der Waals surface area contributed by atoms with Crippen molar-refractivity contribution in [3.63, 3.8) is 0 Å². The number of hydrogen-bond donors (Lipinski definition) is 4. The van der Waals surface area contributed by atoms with E-state index in [9.17, 15) is 14.7 Å². The predicted molar refractivity (Wildman–Crippen MR) is 118 cm³/mol. The first kappa shape index (κ1) is 22.5. The Morgan fingerprint density at radius 1 is 1.10 bits per heavy atom. The smallest absolute Gasteiger partial charge is 0.326 e. The number of carboxylic acid groups (broad SMARTS) is 1. The van der Waals surface area contributed by atoms with E-state index in [-0.39, 0.29) is 11.8 Å². The largest absolute Gasteiger partial charge is 0.480 e. The number of anilines is 1. The molecule has 1 fully saturated rings. The molecular weight excluding hydrogens is 380 g/mol. The molecule has 30 heavy (non-hydrogen) atoms. The summed E-state index contributed by atoms with van der Waals surface area (Å²) in [5.74, 6) is -0.0224. The van der Waals surface area contributed by atoms with Crippen LogP contribution in [0, 0.1) is 5.92 Å². The average molecular weight is 417 g/mol. The van der Waals surface area contributed by atoms with Crippen LogP contribution in [0.2, 0.25) is 0 Å². The molecule has 0 aliphatic carbocycles. The lowest BCUT2D eigenvalue weighted by molar-refractivity contribution is -0.142. The van der Waals surface area contributed by atoms with Crippen LogP contribution in [-0.2, 0) is 22.4 Å². The fraction of sp³-hybridized carbons (Fsp3) is 0.696. The van der Waals surface area contributed by atoms with Gasteiger partial charge in [-0.1, -0.05) is 31.7 Å². The van der Waals surface area contributed by atoms with Gasteiger partial charge in [-0.15, -0.1) is 0 Å². The van der Waals surface area contributed by atoms with Gasteiger partial charge in [0.05, 0.1) is 0 Å². The van der Waals surface area contributed by atoms with E-state index >= 15 is 0 Å². The fourth-order valence-electron chi connectivity index (χ4n) is 4.32. The third-order valence-electron chi connectivity index (χ3n) is 6.20. The number of nitrogens with zero attached hydrogens (tertiary/aromatic N) is 1. The molecule has 0 bridgehead atoms. The Morgan fingerprint density at radius 2 is 1.87 bits per heavy atom. The number of pyridine rings is 1. The molecular formula is C23H36N4O3. The molecule has 2 aliphatic heterocycles. The molecule has 0 aromatic carbocycles. The lowest BCUT2D eigenvalue weighted by Crippen LogP contribution is -2.45. The zero-order valence-corrected chi connectivity index (χ0v) is 17.9. The van der Waals surface area contributed by atoms with Crippen molar-refractivity contribution in [3.05, 3.63) is 23.4 Å². The lowest BCUT2D eigenvalue weighted by atomic mass is 9.96. The van der Waals surface area contributed by atoms with Crippen LogP contribution >= 0.6 is 0 Å². The molecule has 1 atom stereocenters. The summed E-state index contributed by atoms with van der Waals surface area (Å²) < 4.78 is 0. The maximum atomic E-state index is 12.3. The zero-order valence-electron chi connectivity index (χ0n) is 17.9. The highest BCUT2D eigenvalue weighted by Crippen LogP contribution is 2.20. The number of carbonyl (C=O) groups is 2. The first-order chi connectivity index (χ1) is 14.6. The molecule has 3 rings (SSSR count). The number of hydrogen-bond acceptors (Lipinski definition) is 5. The van der Waals surface area contributed by atoms with Crippen LogP contribution in [0.5, 0.6) is 0 Å². The lowest BCUT2D eigenvalue weighted by Gasteiger charge is -2.24. The monoisotopic (exact) mass is 416 g/mol. The van der Waals surface area contributed by atoms with Gasteiger partial charge in [0, 0.05) is 18.2 Å². The maximum Gasteiger partial charge on any atom is 0.326 e. The van der Waals surface area contributed by atoms with E-state index < -0.39 is 12.0 Å². The fourth-order valence-corrected chi connectivity index (χ4v) is 4.32. The van der Waals surface area contributed by atoms with Gasteiger partial charge in [-0.3, -0.25) is 4.79 Å². The van der Waals surface area contributed by atoms with E-state index in [2.05, 4.69) is 28.1 Å². The molecule has 166 valence electrons. The second-order valence-electron chi connectivity index (χ2n) is 8.57. The van der Waals surface area contributed by atoms with Crippen LogP contribution in [0.4, 0.5) is 5.82 Å². The number of amides is 1. The van der Waals surface area contributed by atoms with Gasteiger partial charge in [-0.25, -0.2) is 9.78 Å². The number of aliphatic carboxylic acids is 1. The molecule has 0 saturated carbocycles. The molecule has 1 aromatic rings. The molecule has 0 radical (unpaired) electrons. The second kappa shape index (κ2) is 11.9. The number of nitrogens with one attached hydrogen (secondary N) is 3. The normalized spacial score (nSPS) is 17.6. The van der Waals surface area contributed by atoms with E-state index in [1.807, 2.05) is 0 Å². The van der Waals surface area contributed by atoms with Gasteiger partial charge >= 0.3 is 5.97 Å². The summed E-state index contributed by atoms with van der Waals surface area (Å²) in [4.78, 5) is 28.5. The van der Waals surface area contributed by atoms with E-state index in [1.54, 1.807) is 0 Å². The molecule has 0 spiro atoms. The van der Waals surface area contributed by atoms with Crippen LogP contribution in [0.1, 0.15) is 69.0 Å². The highest BCUT2D eigenvalue weighted by Gasteiger charge is 2.26. The van der Waals surface area contributed by atoms with Gasteiger partial charge in [-0.05, 0) is 69.7 Å². The Hall–Kier alpha value is -2.15. The SMILES string of the molecule is O=C(NC(CCCCCCCc1ccc2c(n1)NCCC2)C(=O)O)C1CCNCC1. The topological polar surface area (TPSA) is 103 Å². The molecule has 4 N–H and O–H groups in total. The standard InChI is InChI=1S/C23H36N4O3/c28-22(18-12-15-24-16-13-18)27-20(23(29)30)9-5-3-1-2-4-8-19-11-10-17-7-6-14-25-21(17)26-19/h10-11,18,20,24H,1-9,12-16H2,(H,25,26)(H,27,28)(H,29,30). The number of piperidine rings is 1. The number of unbranched alkanes of at least 4 members (excludes halogenated alkanes) is 4. The predicted octanol–water partition coefficient (Wildman–Crippen LogP) is 2.89. The molecule has 7 heteroatoms. The average Bonchev–Trinajstić information content (AvgIpc) is 2.77. The highest BCUT2D eigenvalue weighted by atomic mass is 16.4. The van der Waals surface area contributed by atoms with Crippen LogP contribution in [0.3, 0.4) is 0 Å². The molecule has 1 saturated heterocycles. The molecule has 7 nitrogen and oxygen atoms in total. The van der Waals surface area contributed by atoms with Crippen LogP contribution in [0.25, 0.3) is 0 Å². The molecule has 3 heterocycles. The zero-order chi connectivity index (χ0) is 21.2. The number of carboxylic acids is 1. The van der Waals surface area contributed by atoms with E-state index in [0.29, 0.717) is 6.42 Å². The van der Waals surface area contributed by atoms with Gasteiger partial charge in [-0.2, -0.15) is 0 Å². The first-order valence-electron chi connectivity index (χ1n) is 11.6. The summed E-state index contributed by atoms with van der Waals surface area (Å²) >= 11 is 0.